The monoisotopic (exact) mass is 228 g/mol. The maximum absolute atomic E-state index is 11.5. The van der Waals surface area contributed by atoms with Gasteiger partial charge in [-0.3, -0.25) is 4.79 Å². The normalized spacial score (nSPS) is 11.0. The van der Waals surface area contributed by atoms with Gasteiger partial charge in [0.15, 0.2) is 5.78 Å². The van der Waals surface area contributed by atoms with Crippen molar-refractivity contribution in [3.8, 4) is 0 Å². The number of halogens is 2. The van der Waals surface area contributed by atoms with Gasteiger partial charge in [0.2, 0.25) is 4.33 Å². The molecule has 14 heavy (non-hydrogen) atoms. The molecule has 1 nitrogen and oxygen atoms in total. The number of hydrogen-bond acceptors (Lipinski definition) is 1. The lowest BCUT2D eigenvalue weighted by atomic mass is 10.1. The van der Waals surface area contributed by atoms with Crippen LogP contribution in [0.1, 0.15) is 12.0 Å². The van der Waals surface area contributed by atoms with E-state index in [1.807, 2.05) is 6.07 Å². The molecule has 0 fully saturated rings. The molecule has 0 bridgehead atoms. The Morgan fingerprint density at radius 3 is 2.43 bits per heavy atom. The molecule has 74 valence electrons. The Kier molecular flexibility index (Phi) is 3.73. The van der Waals surface area contributed by atoms with E-state index >= 15 is 0 Å². The second kappa shape index (κ2) is 4.63. The molecule has 0 heterocycles. The maximum Gasteiger partial charge on any atom is 0.201 e. The molecule has 1 aromatic carbocycles. The molecular weight excluding hydrogens is 219 g/mol. The smallest absolute Gasteiger partial charge is 0.201 e. The van der Waals surface area contributed by atoms with Crippen LogP contribution in [0, 0.1) is 0 Å². The summed E-state index contributed by atoms with van der Waals surface area (Å²) in [6.45, 7) is 3.47. The number of alkyl halides is 2. The molecule has 0 amide bonds. The van der Waals surface area contributed by atoms with E-state index in [-0.39, 0.29) is 12.2 Å². The highest BCUT2D eigenvalue weighted by Crippen LogP contribution is 2.35. The van der Waals surface area contributed by atoms with Gasteiger partial charge in [-0.05, 0) is 5.56 Å². The second-order valence-electron chi connectivity index (χ2n) is 2.86. The number of hydrogen-bond donors (Lipinski definition) is 0. The lowest BCUT2D eigenvalue weighted by Crippen LogP contribution is -2.22. The Labute approximate surface area is 93.3 Å². The molecule has 0 aromatic heterocycles. The second-order valence-corrected chi connectivity index (χ2v) is 4.18. The van der Waals surface area contributed by atoms with Crippen LogP contribution in [0.3, 0.4) is 0 Å². The van der Waals surface area contributed by atoms with E-state index in [1.165, 1.54) is 6.08 Å². The standard InChI is InChI=1S/C11H10Cl2O/c1-2-6-10(14)11(12,13)9-7-4-3-5-8-9/h2-5,7-8H,1,6H2. The van der Waals surface area contributed by atoms with E-state index in [4.69, 9.17) is 23.2 Å². The fourth-order valence-corrected chi connectivity index (χ4v) is 1.47. The average Bonchev–Trinajstić information content (AvgIpc) is 2.19. The van der Waals surface area contributed by atoms with Crippen molar-refractivity contribution in [3.63, 3.8) is 0 Å². The SMILES string of the molecule is C=CCC(=O)C(Cl)(Cl)c1ccccc1. The van der Waals surface area contributed by atoms with Crippen LogP contribution >= 0.6 is 23.2 Å². The first-order chi connectivity index (χ1) is 6.59. The van der Waals surface area contributed by atoms with E-state index in [0.717, 1.165) is 0 Å². The zero-order valence-electron chi connectivity index (χ0n) is 7.54. The summed E-state index contributed by atoms with van der Waals surface area (Å²) in [6.07, 6.45) is 1.66. The third kappa shape index (κ3) is 2.37. The van der Waals surface area contributed by atoms with Gasteiger partial charge in [0.05, 0.1) is 0 Å². The largest absolute Gasteiger partial charge is 0.296 e. The van der Waals surface area contributed by atoms with Crippen LogP contribution in [-0.2, 0) is 9.13 Å². The number of rotatable bonds is 4. The quantitative estimate of drug-likeness (QED) is 0.570. The highest BCUT2D eigenvalue weighted by molar-refractivity contribution is 6.57. The molecule has 0 N–H and O–H groups in total. The van der Waals surface area contributed by atoms with Gasteiger partial charge in [0, 0.05) is 6.42 Å². The molecule has 0 aliphatic rings. The van der Waals surface area contributed by atoms with Gasteiger partial charge in [0.1, 0.15) is 0 Å². The van der Waals surface area contributed by atoms with E-state index in [9.17, 15) is 4.79 Å². The van der Waals surface area contributed by atoms with Gasteiger partial charge in [0.25, 0.3) is 0 Å². The predicted molar refractivity (Wildman–Crippen MR) is 59.6 cm³/mol. The van der Waals surface area contributed by atoms with Crippen LogP contribution in [0.25, 0.3) is 0 Å². The van der Waals surface area contributed by atoms with E-state index in [1.54, 1.807) is 24.3 Å². The van der Waals surface area contributed by atoms with E-state index < -0.39 is 4.33 Å². The van der Waals surface area contributed by atoms with Crippen LogP contribution in [0.2, 0.25) is 0 Å². The van der Waals surface area contributed by atoms with Crippen LogP contribution in [-0.4, -0.2) is 5.78 Å². The number of benzene rings is 1. The Hall–Kier alpha value is -0.790. The maximum atomic E-state index is 11.5. The first-order valence-corrected chi connectivity index (χ1v) is 4.92. The van der Waals surface area contributed by atoms with Crippen molar-refractivity contribution in [1.29, 1.82) is 0 Å². The predicted octanol–water partition coefficient (Wildman–Crippen LogP) is 3.46. The van der Waals surface area contributed by atoms with Crippen molar-refractivity contribution in [2.45, 2.75) is 10.8 Å². The van der Waals surface area contributed by atoms with Gasteiger partial charge in [-0.1, -0.05) is 59.6 Å². The molecule has 0 atom stereocenters. The van der Waals surface area contributed by atoms with Crippen molar-refractivity contribution in [2.24, 2.45) is 0 Å². The van der Waals surface area contributed by atoms with Gasteiger partial charge in [-0.25, -0.2) is 0 Å². The summed E-state index contributed by atoms with van der Waals surface area (Å²) in [5.41, 5.74) is 0.593. The molecule has 0 spiro atoms. The molecular formula is C11H10Cl2O. The minimum absolute atomic E-state index is 0.169. The zero-order chi connectivity index (χ0) is 10.6. The van der Waals surface area contributed by atoms with Gasteiger partial charge >= 0.3 is 0 Å². The Morgan fingerprint density at radius 2 is 1.93 bits per heavy atom. The van der Waals surface area contributed by atoms with Crippen molar-refractivity contribution in [2.75, 3.05) is 0 Å². The molecule has 0 aliphatic heterocycles. The fraction of sp³-hybridized carbons (Fsp3) is 0.182. The number of allylic oxidation sites excluding steroid dienone is 1. The molecule has 0 aliphatic carbocycles. The molecule has 1 rings (SSSR count). The highest BCUT2D eigenvalue weighted by Gasteiger charge is 2.33. The summed E-state index contributed by atoms with van der Waals surface area (Å²) in [5.74, 6) is -0.262. The lowest BCUT2D eigenvalue weighted by Gasteiger charge is -2.17. The van der Waals surface area contributed by atoms with Gasteiger partial charge in [-0.15, -0.1) is 6.58 Å². The first kappa shape index (κ1) is 11.3. The van der Waals surface area contributed by atoms with Crippen LogP contribution in [0.5, 0.6) is 0 Å². The summed E-state index contributed by atoms with van der Waals surface area (Å²) < 4.78 is -1.46. The zero-order valence-corrected chi connectivity index (χ0v) is 9.05. The molecule has 0 radical (unpaired) electrons. The van der Waals surface area contributed by atoms with Crippen LogP contribution in [0.4, 0.5) is 0 Å². The van der Waals surface area contributed by atoms with Crippen molar-refractivity contribution in [1.82, 2.24) is 0 Å². The lowest BCUT2D eigenvalue weighted by molar-refractivity contribution is -0.119. The van der Waals surface area contributed by atoms with E-state index in [2.05, 4.69) is 6.58 Å². The summed E-state index contributed by atoms with van der Waals surface area (Å²) in [4.78, 5) is 11.5. The topological polar surface area (TPSA) is 17.1 Å². The van der Waals surface area contributed by atoms with Gasteiger partial charge < -0.3 is 0 Å². The van der Waals surface area contributed by atoms with Crippen molar-refractivity contribution < 1.29 is 4.79 Å². The third-order valence-electron chi connectivity index (χ3n) is 1.82. The number of Topliss-reactive ketones (excluding diaryl/α,β-unsaturated/α-hetero) is 1. The first-order valence-electron chi connectivity index (χ1n) is 4.16. The number of carbonyl (C=O) groups excluding carboxylic acids is 1. The molecule has 0 unspecified atom stereocenters. The average molecular weight is 229 g/mol. The summed E-state index contributed by atoms with van der Waals surface area (Å²) >= 11 is 11.9. The molecule has 0 saturated carbocycles. The Morgan fingerprint density at radius 1 is 1.36 bits per heavy atom. The Bertz CT molecular complexity index is 330. The Balaban J connectivity index is 2.95. The van der Waals surface area contributed by atoms with Crippen LogP contribution in [0.15, 0.2) is 43.0 Å². The number of ketones is 1. The van der Waals surface area contributed by atoms with Crippen molar-refractivity contribution in [3.05, 3.63) is 48.6 Å². The van der Waals surface area contributed by atoms with E-state index in [0.29, 0.717) is 5.56 Å². The number of carbonyl (C=O) groups is 1. The summed E-state index contributed by atoms with van der Waals surface area (Å²) in [7, 11) is 0. The summed E-state index contributed by atoms with van der Waals surface area (Å²) in [5, 5.41) is 0. The third-order valence-corrected chi connectivity index (χ3v) is 2.67. The summed E-state index contributed by atoms with van der Waals surface area (Å²) in [6, 6.07) is 8.86. The minimum Gasteiger partial charge on any atom is -0.296 e. The molecule has 1 aromatic rings. The fourth-order valence-electron chi connectivity index (χ4n) is 1.07. The highest BCUT2D eigenvalue weighted by atomic mass is 35.5. The van der Waals surface area contributed by atoms with Gasteiger partial charge in [-0.2, -0.15) is 0 Å². The van der Waals surface area contributed by atoms with Crippen molar-refractivity contribution >= 4 is 29.0 Å². The van der Waals surface area contributed by atoms with Crippen LogP contribution < -0.4 is 0 Å². The minimum atomic E-state index is -1.46. The molecule has 3 heteroatoms. The molecule has 0 saturated heterocycles.